The molecule has 0 saturated heterocycles. The lowest BCUT2D eigenvalue weighted by molar-refractivity contribution is -0.140. The van der Waals surface area contributed by atoms with E-state index >= 15 is 0 Å². The molecule has 0 heterocycles. The van der Waals surface area contributed by atoms with Crippen molar-refractivity contribution in [3.05, 3.63) is 64.1 Å². The molecule has 0 saturated carbocycles. The quantitative estimate of drug-likeness (QED) is 0.358. The Morgan fingerprint density at radius 3 is 2.43 bits per heavy atom. The molecule has 7 nitrogen and oxygen atoms in total. The van der Waals surface area contributed by atoms with Crippen LogP contribution < -0.4 is 9.62 Å². The summed E-state index contributed by atoms with van der Waals surface area (Å²) in [6, 6.07) is 14.3. The molecule has 0 radical (unpaired) electrons. The highest BCUT2D eigenvalue weighted by atomic mass is 79.9. The molecule has 2 rings (SSSR count). The van der Waals surface area contributed by atoms with E-state index in [0.29, 0.717) is 18.7 Å². The van der Waals surface area contributed by atoms with E-state index in [1.165, 1.54) is 10.6 Å². The summed E-state index contributed by atoms with van der Waals surface area (Å²) in [5.74, 6) is -0.388. The maximum Gasteiger partial charge on any atom is 0.242 e. The zero-order valence-electron chi connectivity index (χ0n) is 21.0. The van der Waals surface area contributed by atoms with Crippen LogP contribution in [0, 0.1) is 6.92 Å². The highest BCUT2D eigenvalue weighted by Crippen LogP contribution is 2.23. The Balaban J connectivity index is 2.15. The molecule has 0 unspecified atom stereocenters. The normalized spacial score (nSPS) is 12.1. The minimum Gasteiger partial charge on any atom is -0.354 e. The Morgan fingerprint density at radius 1 is 1.09 bits per heavy atom. The summed E-state index contributed by atoms with van der Waals surface area (Å²) in [6.45, 7) is 6.67. The molecule has 0 aliphatic heterocycles. The highest BCUT2D eigenvalue weighted by molar-refractivity contribution is 9.10. The molecule has 9 heteroatoms. The van der Waals surface area contributed by atoms with Gasteiger partial charge in [-0.25, -0.2) is 8.42 Å². The van der Waals surface area contributed by atoms with E-state index in [0.717, 1.165) is 28.4 Å². The van der Waals surface area contributed by atoms with Crippen LogP contribution >= 0.6 is 15.9 Å². The lowest BCUT2D eigenvalue weighted by Gasteiger charge is -2.29. The summed E-state index contributed by atoms with van der Waals surface area (Å²) in [4.78, 5) is 27.6. The third-order valence-electron chi connectivity index (χ3n) is 5.78. The topological polar surface area (TPSA) is 86.8 Å². The summed E-state index contributed by atoms with van der Waals surface area (Å²) >= 11 is 3.46. The van der Waals surface area contributed by atoms with Crippen molar-refractivity contribution >= 4 is 43.5 Å². The number of nitrogens with zero attached hydrogens (tertiary/aromatic N) is 2. The van der Waals surface area contributed by atoms with Gasteiger partial charge in [0.05, 0.1) is 11.9 Å². The van der Waals surface area contributed by atoms with Gasteiger partial charge in [0.1, 0.15) is 6.04 Å². The fourth-order valence-electron chi connectivity index (χ4n) is 3.78. The van der Waals surface area contributed by atoms with Crippen molar-refractivity contribution in [1.82, 2.24) is 10.2 Å². The molecular weight excluding hydrogens is 530 g/mol. The second-order valence-corrected chi connectivity index (χ2v) is 11.5. The predicted molar refractivity (Wildman–Crippen MR) is 145 cm³/mol. The fraction of sp³-hybridized carbons (Fsp3) is 0.462. The van der Waals surface area contributed by atoms with E-state index in [1.54, 1.807) is 24.0 Å². The summed E-state index contributed by atoms with van der Waals surface area (Å²) in [6.07, 6.45) is 3.47. The lowest BCUT2D eigenvalue weighted by Crippen LogP contribution is -2.48. The molecule has 1 N–H and O–H groups in total. The number of halogens is 1. The van der Waals surface area contributed by atoms with Gasteiger partial charge in [0.15, 0.2) is 0 Å². The predicted octanol–water partition coefficient (Wildman–Crippen LogP) is 4.64. The van der Waals surface area contributed by atoms with Crippen LogP contribution in [-0.4, -0.2) is 50.5 Å². The van der Waals surface area contributed by atoms with Crippen molar-refractivity contribution in [3.63, 3.8) is 0 Å². The largest absolute Gasteiger partial charge is 0.354 e. The first-order chi connectivity index (χ1) is 16.5. The number of benzene rings is 2. The molecule has 0 aliphatic rings. The summed E-state index contributed by atoms with van der Waals surface area (Å²) < 4.78 is 27.2. The van der Waals surface area contributed by atoms with E-state index in [-0.39, 0.29) is 31.3 Å². The van der Waals surface area contributed by atoms with Crippen LogP contribution in [0.25, 0.3) is 0 Å². The van der Waals surface area contributed by atoms with Crippen LogP contribution in [0.15, 0.2) is 53.0 Å². The molecule has 0 fully saturated rings. The maximum atomic E-state index is 13.3. The molecule has 35 heavy (non-hydrogen) atoms. The summed E-state index contributed by atoms with van der Waals surface area (Å²) in [7, 11) is -3.52. The molecule has 192 valence electrons. The van der Waals surface area contributed by atoms with Gasteiger partial charge < -0.3 is 10.2 Å². The number of hydrogen-bond acceptors (Lipinski definition) is 4. The Hall–Kier alpha value is -2.39. The van der Waals surface area contributed by atoms with Crippen molar-refractivity contribution in [3.8, 4) is 0 Å². The van der Waals surface area contributed by atoms with Crippen LogP contribution in [0.1, 0.15) is 50.7 Å². The first-order valence-electron chi connectivity index (χ1n) is 11.9. The number of carbonyl (C=O) groups excluding carboxylic acids is 2. The molecule has 2 aromatic carbocycles. The smallest absolute Gasteiger partial charge is 0.242 e. The van der Waals surface area contributed by atoms with Gasteiger partial charge in [0.2, 0.25) is 21.8 Å². The van der Waals surface area contributed by atoms with E-state index in [2.05, 4.69) is 28.2 Å². The standard InChI is InChI=1S/C26H36BrN3O4S/c1-5-6-16-28-26(32)21(3)29(19-22-12-9-13-23(27)18-22)25(31)15-10-17-30(35(4,33)34)24-14-8-7-11-20(24)2/h7-9,11-14,18,21H,5-6,10,15-17,19H2,1-4H3,(H,28,32)/t21-/m0/s1. The van der Waals surface area contributed by atoms with Gasteiger partial charge in [-0.15, -0.1) is 0 Å². The van der Waals surface area contributed by atoms with Crippen LogP contribution in [0.5, 0.6) is 0 Å². The highest BCUT2D eigenvalue weighted by Gasteiger charge is 2.26. The summed E-state index contributed by atoms with van der Waals surface area (Å²) in [5.41, 5.74) is 2.36. The monoisotopic (exact) mass is 565 g/mol. The van der Waals surface area contributed by atoms with E-state index in [4.69, 9.17) is 0 Å². The Bertz CT molecular complexity index is 1110. The van der Waals surface area contributed by atoms with E-state index in [9.17, 15) is 18.0 Å². The molecule has 2 aromatic rings. The van der Waals surface area contributed by atoms with Gasteiger partial charge in [-0.3, -0.25) is 13.9 Å². The van der Waals surface area contributed by atoms with Gasteiger partial charge in [-0.05, 0) is 56.0 Å². The van der Waals surface area contributed by atoms with Crippen LogP contribution in [0.3, 0.4) is 0 Å². The Labute approximate surface area is 218 Å². The number of anilines is 1. The molecular formula is C26H36BrN3O4S. The number of carbonyl (C=O) groups is 2. The maximum absolute atomic E-state index is 13.3. The van der Waals surface area contributed by atoms with E-state index in [1.807, 2.05) is 43.3 Å². The number of hydrogen-bond donors (Lipinski definition) is 1. The van der Waals surface area contributed by atoms with Crippen LogP contribution in [-0.2, 0) is 26.2 Å². The number of rotatable bonds is 13. The van der Waals surface area contributed by atoms with Crippen molar-refractivity contribution in [1.29, 1.82) is 0 Å². The minimum absolute atomic E-state index is 0.123. The number of aryl methyl sites for hydroxylation is 1. The second kappa shape index (κ2) is 13.6. The van der Waals surface area contributed by atoms with Gasteiger partial charge in [-0.2, -0.15) is 0 Å². The van der Waals surface area contributed by atoms with Crippen molar-refractivity contribution in [2.75, 3.05) is 23.7 Å². The third kappa shape index (κ3) is 8.96. The molecule has 0 aromatic heterocycles. The van der Waals surface area contributed by atoms with Crippen LogP contribution in [0.2, 0.25) is 0 Å². The van der Waals surface area contributed by atoms with Gasteiger partial charge in [0.25, 0.3) is 0 Å². The third-order valence-corrected chi connectivity index (χ3v) is 7.45. The molecule has 0 bridgehead atoms. The number of amides is 2. The first-order valence-corrected chi connectivity index (χ1v) is 14.5. The zero-order valence-corrected chi connectivity index (χ0v) is 23.4. The minimum atomic E-state index is -3.52. The SMILES string of the molecule is CCCCNC(=O)[C@H](C)N(Cc1cccc(Br)c1)C(=O)CCCN(c1ccccc1C)S(C)(=O)=O. The van der Waals surface area contributed by atoms with Gasteiger partial charge in [-0.1, -0.05) is 59.6 Å². The lowest BCUT2D eigenvalue weighted by atomic mass is 10.1. The second-order valence-electron chi connectivity index (χ2n) is 8.70. The van der Waals surface area contributed by atoms with Crippen molar-refractivity contribution < 1.29 is 18.0 Å². The van der Waals surface area contributed by atoms with Crippen molar-refractivity contribution in [2.24, 2.45) is 0 Å². The van der Waals surface area contributed by atoms with Gasteiger partial charge >= 0.3 is 0 Å². The average molecular weight is 567 g/mol. The first kappa shape index (κ1) is 28.8. The Kier molecular flexibility index (Phi) is 11.2. The molecule has 2 amide bonds. The fourth-order valence-corrected chi connectivity index (χ4v) is 5.25. The molecule has 0 spiro atoms. The Morgan fingerprint density at radius 2 is 1.80 bits per heavy atom. The van der Waals surface area contributed by atoms with Crippen molar-refractivity contribution in [2.45, 2.75) is 59.0 Å². The van der Waals surface area contributed by atoms with Crippen LogP contribution in [0.4, 0.5) is 5.69 Å². The molecule has 1 atom stereocenters. The van der Waals surface area contributed by atoms with Gasteiger partial charge in [0, 0.05) is 30.5 Å². The van der Waals surface area contributed by atoms with E-state index < -0.39 is 16.1 Å². The number of para-hydroxylation sites is 1. The summed E-state index contributed by atoms with van der Waals surface area (Å²) in [5, 5.41) is 2.91. The number of nitrogens with one attached hydrogen (secondary N) is 1. The number of unbranched alkanes of at least 4 members (excludes halogenated alkanes) is 1. The zero-order chi connectivity index (χ0) is 26.0. The average Bonchev–Trinajstić information content (AvgIpc) is 2.80. The molecule has 0 aliphatic carbocycles. The number of sulfonamides is 1.